The SMILES string of the molecule is Cc1c(Cl)cccc1-c1ccc(C(=O)Nc2ccc(F)c([N+](=O)[O-])c2)o1. The van der Waals surface area contributed by atoms with E-state index < -0.39 is 22.3 Å². The van der Waals surface area contributed by atoms with Crippen molar-refractivity contribution in [2.75, 3.05) is 5.32 Å². The van der Waals surface area contributed by atoms with Crippen molar-refractivity contribution >= 4 is 28.9 Å². The van der Waals surface area contributed by atoms with Gasteiger partial charge in [0, 0.05) is 22.3 Å². The van der Waals surface area contributed by atoms with Crippen molar-refractivity contribution in [3.8, 4) is 11.3 Å². The molecule has 0 aliphatic rings. The van der Waals surface area contributed by atoms with Gasteiger partial charge in [-0.1, -0.05) is 23.7 Å². The molecule has 1 heterocycles. The highest BCUT2D eigenvalue weighted by molar-refractivity contribution is 6.31. The third-order valence-electron chi connectivity index (χ3n) is 3.76. The van der Waals surface area contributed by atoms with Gasteiger partial charge in [-0.2, -0.15) is 4.39 Å². The fraction of sp³-hybridized carbons (Fsp3) is 0.0556. The van der Waals surface area contributed by atoms with E-state index in [2.05, 4.69) is 5.32 Å². The number of rotatable bonds is 4. The van der Waals surface area contributed by atoms with E-state index in [1.165, 1.54) is 12.1 Å². The molecule has 2 aromatic carbocycles. The Hall–Kier alpha value is -3.19. The van der Waals surface area contributed by atoms with Gasteiger partial charge in [0.1, 0.15) is 5.76 Å². The van der Waals surface area contributed by atoms with Crippen LogP contribution in [0.4, 0.5) is 15.8 Å². The topological polar surface area (TPSA) is 85.4 Å². The molecule has 0 atom stereocenters. The molecule has 6 nitrogen and oxygen atoms in total. The van der Waals surface area contributed by atoms with E-state index in [1.807, 2.05) is 13.0 Å². The number of hydrogen-bond donors (Lipinski definition) is 1. The van der Waals surface area contributed by atoms with Gasteiger partial charge in [-0.3, -0.25) is 14.9 Å². The average Bonchev–Trinajstić information content (AvgIpc) is 3.08. The molecular weight excluding hydrogens is 363 g/mol. The quantitative estimate of drug-likeness (QED) is 0.502. The monoisotopic (exact) mass is 374 g/mol. The average molecular weight is 375 g/mol. The summed E-state index contributed by atoms with van der Waals surface area (Å²) < 4.78 is 18.9. The summed E-state index contributed by atoms with van der Waals surface area (Å²) in [6, 6.07) is 11.5. The Morgan fingerprint density at radius 1 is 1.23 bits per heavy atom. The molecule has 8 heteroatoms. The lowest BCUT2D eigenvalue weighted by Crippen LogP contribution is -2.11. The smallest absolute Gasteiger partial charge is 0.306 e. The molecule has 3 rings (SSSR count). The second-order valence-electron chi connectivity index (χ2n) is 5.45. The first kappa shape index (κ1) is 17.6. The van der Waals surface area contributed by atoms with Crippen LogP contribution >= 0.6 is 11.6 Å². The Kier molecular flexibility index (Phi) is 4.73. The second-order valence-corrected chi connectivity index (χ2v) is 5.86. The Bertz CT molecular complexity index is 1020. The maximum atomic E-state index is 13.4. The number of furan rings is 1. The number of amides is 1. The molecule has 0 aliphatic heterocycles. The number of nitro groups is 1. The summed E-state index contributed by atoms with van der Waals surface area (Å²) in [5, 5.41) is 13.8. The highest BCUT2D eigenvalue weighted by atomic mass is 35.5. The highest BCUT2D eigenvalue weighted by Crippen LogP contribution is 2.30. The normalized spacial score (nSPS) is 10.6. The predicted octanol–water partition coefficient (Wildman–Crippen LogP) is 5.21. The minimum absolute atomic E-state index is 0.00588. The molecule has 0 fully saturated rings. The zero-order valence-electron chi connectivity index (χ0n) is 13.5. The van der Waals surface area contributed by atoms with Crippen LogP contribution in [-0.4, -0.2) is 10.8 Å². The predicted molar refractivity (Wildman–Crippen MR) is 94.9 cm³/mol. The first-order chi connectivity index (χ1) is 12.4. The molecule has 1 aromatic heterocycles. The third-order valence-corrected chi connectivity index (χ3v) is 4.17. The maximum Gasteiger partial charge on any atom is 0.306 e. The number of hydrogen-bond acceptors (Lipinski definition) is 4. The minimum atomic E-state index is -0.982. The number of halogens is 2. The molecule has 0 saturated heterocycles. The summed E-state index contributed by atoms with van der Waals surface area (Å²) in [6.07, 6.45) is 0. The first-order valence-corrected chi connectivity index (χ1v) is 7.85. The molecule has 3 aromatic rings. The van der Waals surface area contributed by atoms with Crippen LogP contribution in [0.3, 0.4) is 0 Å². The number of benzene rings is 2. The highest BCUT2D eigenvalue weighted by Gasteiger charge is 2.18. The van der Waals surface area contributed by atoms with E-state index in [4.69, 9.17) is 16.0 Å². The fourth-order valence-corrected chi connectivity index (χ4v) is 2.58. The molecule has 0 unspecified atom stereocenters. The van der Waals surface area contributed by atoms with Crippen molar-refractivity contribution in [1.29, 1.82) is 0 Å². The lowest BCUT2D eigenvalue weighted by molar-refractivity contribution is -0.387. The minimum Gasteiger partial charge on any atom is -0.451 e. The van der Waals surface area contributed by atoms with Crippen LogP contribution in [0.15, 0.2) is 52.9 Å². The zero-order valence-corrected chi connectivity index (χ0v) is 14.2. The van der Waals surface area contributed by atoms with Gasteiger partial charge in [0.2, 0.25) is 5.82 Å². The Labute approximate surface area is 152 Å². The Morgan fingerprint density at radius 2 is 2.00 bits per heavy atom. The van der Waals surface area contributed by atoms with E-state index >= 15 is 0 Å². The lowest BCUT2D eigenvalue weighted by Gasteiger charge is -2.05. The van der Waals surface area contributed by atoms with E-state index in [1.54, 1.807) is 18.2 Å². The number of nitrogens with one attached hydrogen (secondary N) is 1. The van der Waals surface area contributed by atoms with Gasteiger partial charge in [-0.15, -0.1) is 0 Å². The molecule has 26 heavy (non-hydrogen) atoms. The van der Waals surface area contributed by atoms with Gasteiger partial charge in [0.25, 0.3) is 5.91 Å². The number of nitrogens with zero attached hydrogens (tertiary/aromatic N) is 1. The summed E-state index contributed by atoms with van der Waals surface area (Å²) >= 11 is 6.09. The Morgan fingerprint density at radius 3 is 2.73 bits per heavy atom. The van der Waals surface area contributed by atoms with E-state index in [-0.39, 0.29) is 11.4 Å². The number of carbonyl (C=O) groups is 1. The molecule has 1 N–H and O–H groups in total. The summed E-state index contributed by atoms with van der Waals surface area (Å²) in [6.45, 7) is 1.83. The summed E-state index contributed by atoms with van der Waals surface area (Å²) in [7, 11) is 0. The van der Waals surface area contributed by atoms with Crippen molar-refractivity contribution in [2.24, 2.45) is 0 Å². The first-order valence-electron chi connectivity index (χ1n) is 7.47. The van der Waals surface area contributed by atoms with Crippen LogP contribution in [0, 0.1) is 22.9 Å². The molecule has 0 radical (unpaired) electrons. The van der Waals surface area contributed by atoms with Crippen LogP contribution in [0.5, 0.6) is 0 Å². The van der Waals surface area contributed by atoms with Crippen molar-refractivity contribution in [2.45, 2.75) is 6.92 Å². The van der Waals surface area contributed by atoms with Crippen molar-refractivity contribution < 1.29 is 18.5 Å². The molecule has 0 bridgehead atoms. The molecule has 0 aliphatic carbocycles. The third kappa shape index (κ3) is 3.43. The van der Waals surface area contributed by atoms with Crippen LogP contribution in [-0.2, 0) is 0 Å². The van der Waals surface area contributed by atoms with Gasteiger partial charge in [-0.25, -0.2) is 0 Å². The molecular formula is C18H12ClFN2O4. The Balaban J connectivity index is 1.84. The van der Waals surface area contributed by atoms with Gasteiger partial charge in [0.05, 0.1) is 4.92 Å². The van der Waals surface area contributed by atoms with E-state index in [0.717, 1.165) is 23.3 Å². The number of carbonyl (C=O) groups excluding carboxylic acids is 1. The maximum absolute atomic E-state index is 13.4. The summed E-state index contributed by atoms with van der Waals surface area (Å²) in [5.74, 6) is -1.13. The van der Waals surface area contributed by atoms with Gasteiger partial charge in [-0.05, 0) is 42.8 Å². The molecule has 1 amide bonds. The van der Waals surface area contributed by atoms with Gasteiger partial charge < -0.3 is 9.73 Å². The number of anilines is 1. The van der Waals surface area contributed by atoms with Crippen molar-refractivity contribution in [3.05, 3.63) is 80.8 Å². The summed E-state index contributed by atoms with van der Waals surface area (Å²) in [4.78, 5) is 22.2. The number of nitro benzene ring substituents is 1. The van der Waals surface area contributed by atoms with Gasteiger partial charge >= 0.3 is 5.69 Å². The van der Waals surface area contributed by atoms with Crippen LogP contribution < -0.4 is 5.32 Å². The van der Waals surface area contributed by atoms with Crippen molar-refractivity contribution in [3.63, 3.8) is 0 Å². The van der Waals surface area contributed by atoms with Gasteiger partial charge in [0.15, 0.2) is 5.76 Å². The largest absolute Gasteiger partial charge is 0.451 e. The summed E-state index contributed by atoms with van der Waals surface area (Å²) in [5.41, 5.74) is 0.913. The lowest BCUT2D eigenvalue weighted by atomic mass is 10.1. The van der Waals surface area contributed by atoms with Crippen LogP contribution in [0.25, 0.3) is 11.3 Å². The van der Waals surface area contributed by atoms with E-state index in [9.17, 15) is 19.3 Å². The van der Waals surface area contributed by atoms with E-state index in [0.29, 0.717) is 10.8 Å². The van der Waals surface area contributed by atoms with Crippen LogP contribution in [0.1, 0.15) is 16.1 Å². The van der Waals surface area contributed by atoms with Crippen molar-refractivity contribution in [1.82, 2.24) is 0 Å². The van der Waals surface area contributed by atoms with Crippen LogP contribution in [0.2, 0.25) is 5.02 Å². The second kappa shape index (κ2) is 6.97. The zero-order chi connectivity index (χ0) is 18.8. The fourth-order valence-electron chi connectivity index (χ4n) is 2.40. The standard InChI is InChI=1S/C18H12ClFN2O4/c1-10-12(3-2-4-13(10)19)16-7-8-17(26-16)18(23)21-11-5-6-14(20)15(9-11)22(24)25/h2-9H,1H3,(H,21,23). The molecule has 132 valence electrons. The molecule has 0 spiro atoms. The molecule has 0 saturated carbocycles.